The second-order valence-corrected chi connectivity index (χ2v) is 7.32. The molecule has 132 valence electrons. The van der Waals surface area contributed by atoms with Gasteiger partial charge in [0.15, 0.2) is 5.82 Å². The summed E-state index contributed by atoms with van der Waals surface area (Å²) in [4.78, 5) is 18.3. The largest absolute Gasteiger partial charge is 0.357 e. The quantitative estimate of drug-likeness (QED) is 0.425. The van der Waals surface area contributed by atoms with Crippen LogP contribution in [-0.4, -0.2) is 51.8 Å². The van der Waals surface area contributed by atoms with Gasteiger partial charge in [0.1, 0.15) is 10.9 Å². The van der Waals surface area contributed by atoms with E-state index in [1.807, 2.05) is 13.1 Å². The van der Waals surface area contributed by atoms with Crippen LogP contribution in [-0.2, 0) is 6.54 Å². The number of hydrogen-bond acceptors (Lipinski definition) is 7. The van der Waals surface area contributed by atoms with Gasteiger partial charge in [-0.25, -0.2) is 9.97 Å². The molecule has 0 spiro atoms. The van der Waals surface area contributed by atoms with Crippen molar-refractivity contribution >= 4 is 29.1 Å². The number of aromatic nitrogens is 2. The lowest BCUT2D eigenvalue weighted by Gasteiger charge is -2.35. The van der Waals surface area contributed by atoms with Crippen molar-refractivity contribution in [2.45, 2.75) is 23.4 Å². The highest BCUT2D eigenvalue weighted by Crippen LogP contribution is 2.42. The summed E-state index contributed by atoms with van der Waals surface area (Å²) in [5.41, 5.74) is 2.37. The Morgan fingerprint density at radius 3 is 2.88 bits per heavy atom. The molecule has 1 fully saturated rings. The lowest BCUT2D eigenvalue weighted by molar-refractivity contribution is 0.175. The van der Waals surface area contributed by atoms with E-state index in [4.69, 9.17) is 5.26 Å². The number of fused-ring (bicyclic) bond motifs is 2. The van der Waals surface area contributed by atoms with E-state index in [0.717, 1.165) is 55.1 Å². The maximum Gasteiger partial charge on any atom is 0.207 e. The average molecular weight is 365 g/mol. The Morgan fingerprint density at radius 2 is 2.08 bits per heavy atom. The van der Waals surface area contributed by atoms with Gasteiger partial charge in [-0.15, -0.1) is 0 Å². The molecule has 8 heteroatoms. The topological polar surface area (TPSA) is 80.4 Å². The molecule has 1 aromatic carbocycles. The van der Waals surface area contributed by atoms with Crippen molar-refractivity contribution in [3.05, 3.63) is 36.2 Å². The first-order chi connectivity index (χ1) is 12.7. The Hall–Kier alpha value is -2.63. The van der Waals surface area contributed by atoms with Crippen LogP contribution in [0.3, 0.4) is 0 Å². The Balaban J connectivity index is 1.40. The van der Waals surface area contributed by atoms with Crippen LogP contribution in [0.5, 0.6) is 0 Å². The molecule has 0 saturated carbocycles. The molecule has 1 aromatic heterocycles. The smallest absolute Gasteiger partial charge is 0.207 e. The van der Waals surface area contributed by atoms with Crippen molar-refractivity contribution in [2.24, 2.45) is 4.99 Å². The van der Waals surface area contributed by atoms with E-state index in [1.165, 1.54) is 10.5 Å². The van der Waals surface area contributed by atoms with Crippen molar-refractivity contribution < 1.29 is 0 Å². The Morgan fingerprint density at radius 1 is 1.27 bits per heavy atom. The number of nitrogens with one attached hydrogen (secondary N) is 1. The lowest BCUT2D eigenvalue weighted by atomic mass is 10.1. The Bertz CT molecular complexity index is 881. The minimum Gasteiger partial charge on any atom is -0.357 e. The highest BCUT2D eigenvalue weighted by molar-refractivity contribution is 7.99. The van der Waals surface area contributed by atoms with Crippen molar-refractivity contribution in [1.82, 2.24) is 19.8 Å². The molecule has 0 unspecified atom stereocenters. The van der Waals surface area contributed by atoms with E-state index >= 15 is 0 Å². The van der Waals surface area contributed by atoms with Gasteiger partial charge in [0, 0.05) is 50.0 Å². The van der Waals surface area contributed by atoms with Crippen LogP contribution in [0.15, 0.2) is 45.5 Å². The fourth-order valence-corrected chi connectivity index (χ4v) is 4.09. The predicted octanol–water partition coefficient (Wildman–Crippen LogP) is 2.70. The second kappa shape index (κ2) is 7.32. The maximum absolute atomic E-state index is 8.68. The number of hydrogen-bond donors (Lipinski definition) is 1. The van der Waals surface area contributed by atoms with E-state index < -0.39 is 0 Å². The molecule has 7 nitrogen and oxygen atoms in total. The molecule has 3 heterocycles. The van der Waals surface area contributed by atoms with E-state index in [1.54, 1.807) is 24.2 Å². The average Bonchev–Trinajstić information content (AvgIpc) is 2.67. The normalized spacial score (nSPS) is 17.1. The number of amidine groups is 1. The number of nitrogens with zero attached hydrogens (tertiary/aromatic N) is 6. The molecule has 1 saturated heterocycles. The van der Waals surface area contributed by atoms with E-state index in [9.17, 15) is 0 Å². The number of anilines is 2. The molecule has 2 aliphatic heterocycles. The van der Waals surface area contributed by atoms with E-state index in [0.29, 0.717) is 0 Å². The summed E-state index contributed by atoms with van der Waals surface area (Å²) in [6, 6.07) is 6.54. The molecule has 2 aromatic rings. The Kier molecular flexibility index (Phi) is 4.73. The second-order valence-electron chi connectivity index (χ2n) is 6.29. The SMILES string of the molecule is CC(=NC#N)N1CCN(Cc2ccc3c(c2)Nc2nccnc2S3)CC1. The first-order valence-corrected chi connectivity index (χ1v) is 9.34. The van der Waals surface area contributed by atoms with Crippen LogP contribution >= 0.6 is 11.8 Å². The molecule has 0 bridgehead atoms. The zero-order valence-electron chi connectivity index (χ0n) is 14.5. The first-order valence-electron chi connectivity index (χ1n) is 8.52. The number of piperazine rings is 1. The van der Waals surface area contributed by atoms with Crippen molar-refractivity contribution in [3.8, 4) is 6.19 Å². The van der Waals surface area contributed by atoms with Gasteiger partial charge in [-0.2, -0.15) is 10.3 Å². The molecule has 4 rings (SSSR count). The van der Waals surface area contributed by atoms with Crippen molar-refractivity contribution in [1.29, 1.82) is 5.26 Å². The molecule has 0 radical (unpaired) electrons. The van der Waals surface area contributed by atoms with Gasteiger partial charge in [0.05, 0.1) is 5.69 Å². The van der Waals surface area contributed by atoms with E-state index in [2.05, 4.69) is 48.3 Å². The van der Waals surface area contributed by atoms with Gasteiger partial charge in [-0.05, 0) is 24.6 Å². The van der Waals surface area contributed by atoms with Crippen LogP contribution in [0.4, 0.5) is 11.5 Å². The van der Waals surface area contributed by atoms with Crippen LogP contribution in [0.25, 0.3) is 0 Å². The van der Waals surface area contributed by atoms with Gasteiger partial charge in [0.2, 0.25) is 6.19 Å². The number of rotatable bonds is 2. The van der Waals surface area contributed by atoms with Gasteiger partial charge in [-0.3, -0.25) is 4.90 Å². The first kappa shape index (κ1) is 16.8. The van der Waals surface area contributed by atoms with Gasteiger partial charge >= 0.3 is 0 Å². The molecular weight excluding hydrogens is 346 g/mol. The predicted molar refractivity (Wildman–Crippen MR) is 101 cm³/mol. The third-order valence-electron chi connectivity index (χ3n) is 4.62. The van der Waals surface area contributed by atoms with Gasteiger partial charge in [0.25, 0.3) is 0 Å². The fourth-order valence-electron chi connectivity index (χ4n) is 3.21. The fraction of sp³-hybridized carbons (Fsp3) is 0.333. The Labute approximate surface area is 156 Å². The number of nitriles is 1. The molecule has 26 heavy (non-hydrogen) atoms. The highest BCUT2D eigenvalue weighted by Gasteiger charge is 2.20. The molecule has 0 amide bonds. The standard InChI is InChI=1S/C18H19N7S/c1-13(22-12-19)25-8-6-24(7-9-25)11-14-2-3-16-15(10-14)23-17-18(26-16)21-5-4-20-17/h2-5,10H,6-9,11H2,1H3,(H,20,23). The van der Waals surface area contributed by atoms with Crippen molar-refractivity contribution in [2.75, 3.05) is 31.5 Å². The molecule has 2 aliphatic rings. The zero-order valence-corrected chi connectivity index (χ0v) is 15.3. The van der Waals surface area contributed by atoms with Crippen molar-refractivity contribution in [3.63, 3.8) is 0 Å². The summed E-state index contributed by atoms with van der Waals surface area (Å²) >= 11 is 1.65. The number of benzene rings is 1. The minimum atomic E-state index is 0.807. The maximum atomic E-state index is 8.68. The molecule has 0 aliphatic carbocycles. The van der Waals surface area contributed by atoms with Gasteiger partial charge in [-0.1, -0.05) is 17.8 Å². The summed E-state index contributed by atoms with van der Waals surface area (Å²) in [5, 5.41) is 13.0. The lowest BCUT2D eigenvalue weighted by Crippen LogP contribution is -2.47. The van der Waals surface area contributed by atoms with Crippen LogP contribution in [0.2, 0.25) is 0 Å². The van der Waals surface area contributed by atoms with Crippen LogP contribution < -0.4 is 5.32 Å². The third kappa shape index (κ3) is 3.49. The van der Waals surface area contributed by atoms with Crippen LogP contribution in [0.1, 0.15) is 12.5 Å². The number of aliphatic imine (C=N–C) groups is 1. The summed E-state index contributed by atoms with van der Waals surface area (Å²) in [6.45, 7) is 6.54. The minimum absolute atomic E-state index is 0.807. The molecular formula is C18H19N7S. The van der Waals surface area contributed by atoms with Gasteiger partial charge < -0.3 is 10.2 Å². The summed E-state index contributed by atoms with van der Waals surface area (Å²) in [7, 11) is 0. The molecule has 0 atom stereocenters. The third-order valence-corrected chi connectivity index (χ3v) is 5.68. The summed E-state index contributed by atoms with van der Waals surface area (Å²) < 4.78 is 0. The summed E-state index contributed by atoms with van der Waals surface area (Å²) in [5.74, 6) is 1.63. The van der Waals surface area contributed by atoms with E-state index in [-0.39, 0.29) is 0 Å². The van der Waals surface area contributed by atoms with Crippen LogP contribution in [0, 0.1) is 11.5 Å². The monoisotopic (exact) mass is 365 g/mol. The highest BCUT2D eigenvalue weighted by atomic mass is 32.2. The summed E-state index contributed by atoms with van der Waals surface area (Å²) in [6.07, 6.45) is 5.29. The zero-order chi connectivity index (χ0) is 17.9. The molecule has 1 N–H and O–H groups in total.